The summed E-state index contributed by atoms with van der Waals surface area (Å²) in [5.41, 5.74) is 6.83. The number of pyridine rings is 2. The molecule has 0 saturated carbocycles. The molecular formula is C42H50N6. The van der Waals surface area contributed by atoms with Crippen LogP contribution in [0.15, 0.2) is 73.1 Å². The lowest BCUT2D eigenvalue weighted by molar-refractivity contribution is 0.309. The van der Waals surface area contributed by atoms with Gasteiger partial charge in [0.2, 0.25) is 0 Å². The maximum atomic E-state index is 8.93. The highest BCUT2D eigenvalue weighted by molar-refractivity contribution is 5.87. The fraction of sp³-hybridized carbons (Fsp3) is 0.381. The molecule has 248 valence electrons. The number of likely N-dealkylation sites (N-methyl/N-ethyl adjacent to an activating group) is 2. The molecule has 0 fully saturated rings. The number of rotatable bonds is 6. The largest absolute Gasteiger partial charge is 0.344 e. The lowest BCUT2D eigenvalue weighted by atomic mass is 10.0. The number of aromatic nitrogens is 4. The molecule has 0 bridgehead atoms. The van der Waals surface area contributed by atoms with E-state index in [1.54, 1.807) is 0 Å². The Morgan fingerprint density at radius 1 is 0.646 bits per heavy atom. The normalized spacial score (nSPS) is 21.0. The molecule has 8 rings (SSSR count). The lowest BCUT2D eigenvalue weighted by Crippen LogP contribution is -2.27. The van der Waals surface area contributed by atoms with Crippen molar-refractivity contribution >= 4 is 21.8 Å². The first-order valence-corrected chi connectivity index (χ1v) is 16.3. The van der Waals surface area contributed by atoms with Crippen molar-refractivity contribution in [3.63, 3.8) is 0 Å². The van der Waals surface area contributed by atoms with Crippen LogP contribution in [-0.2, 0) is 51.7 Å². The van der Waals surface area contributed by atoms with E-state index in [4.69, 9.17) is 19.2 Å². The van der Waals surface area contributed by atoms with E-state index in [1.807, 2.05) is 64.3 Å². The summed E-state index contributed by atoms with van der Waals surface area (Å²) in [6, 6.07) is 16.7. The van der Waals surface area contributed by atoms with Crippen molar-refractivity contribution in [2.75, 3.05) is 27.2 Å². The Morgan fingerprint density at radius 2 is 1.10 bits per heavy atom. The monoisotopic (exact) mass is 652 g/mol. The molecule has 2 aliphatic heterocycles. The number of nitrogens with zero attached hydrogens (tertiary/aromatic N) is 6. The second kappa shape index (κ2) is 13.7. The average molecular weight is 653 g/mol. The van der Waals surface area contributed by atoms with Gasteiger partial charge in [-0.25, -0.2) is 0 Å². The Balaban J connectivity index is 0.000000186. The van der Waals surface area contributed by atoms with Crippen LogP contribution < -0.4 is 0 Å². The summed E-state index contributed by atoms with van der Waals surface area (Å²) < 4.78 is 118. The van der Waals surface area contributed by atoms with Gasteiger partial charge in [0.15, 0.2) is 0 Å². The number of aryl methyl sites for hydroxylation is 8. The third-order valence-corrected chi connectivity index (χ3v) is 9.14. The Labute approximate surface area is 305 Å². The molecule has 6 aromatic rings. The number of hydrogen-bond acceptors (Lipinski definition) is 4. The minimum Gasteiger partial charge on any atom is -0.344 e. The fourth-order valence-corrected chi connectivity index (χ4v) is 6.65. The molecule has 6 heteroatoms. The standard InChI is InChI=1S/2C21H25N3/c2*1-15-4-7-20-18(12-15)19-14-23(3)10-9-21(19)24(20)11-8-17-6-5-16(2)22-13-17/h2*4-7,12-13H,8-11,14H2,1-3H3/i2*2D3,8D2,11D2. The highest BCUT2D eigenvalue weighted by Crippen LogP contribution is 2.33. The van der Waals surface area contributed by atoms with Crippen molar-refractivity contribution in [2.24, 2.45) is 0 Å². The van der Waals surface area contributed by atoms with E-state index < -0.39 is 39.4 Å². The molecule has 0 saturated heterocycles. The summed E-state index contributed by atoms with van der Waals surface area (Å²) in [5, 5.41) is 1.88. The van der Waals surface area contributed by atoms with E-state index >= 15 is 0 Å². The van der Waals surface area contributed by atoms with Gasteiger partial charge in [0.1, 0.15) is 0 Å². The number of benzene rings is 2. The average Bonchev–Trinajstić information content (AvgIpc) is 3.69. The second-order valence-electron chi connectivity index (χ2n) is 12.9. The fourth-order valence-electron chi connectivity index (χ4n) is 6.65. The van der Waals surface area contributed by atoms with Crippen LogP contribution in [0, 0.1) is 27.6 Å². The van der Waals surface area contributed by atoms with Gasteiger partial charge in [0.25, 0.3) is 0 Å². The molecule has 0 amide bonds. The van der Waals surface area contributed by atoms with Gasteiger partial charge >= 0.3 is 0 Å². The summed E-state index contributed by atoms with van der Waals surface area (Å²) in [7, 11) is 4.04. The molecule has 0 unspecified atom stereocenters. The summed E-state index contributed by atoms with van der Waals surface area (Å²) in [6.45, 7) is -2.80. The van der Waals surface area contributed by atoms with Crippen LogP contribution in [0.5, 0.6) is 0 Å². The summed E-state index contributed by atoms with van der Waals surface area (Å²) in [6.07, 6.45) is -1.38. The lowest BCUT2D eigenvalue weighted by Gasteiger charge is -2.24. The molecule has 0 N–H and O–H groups in total. The van der Waals surface area contributed by atoms with Crippen LogP contribution in [0.1, 0.15) is 75.3 Å². The molecule has 2 aliphatic rings. The number of fused-ring (bicyclic) bond motifs is 6. The molecular weight excluding hydrogens is 589 g/mol. The smallest absolute Gasteiger partial charge is 0.0501 e. The van der Waals surface area contributed by atoms with E-state index in [-0.39, 0.29) is 22.5 Å². The Morgan fingerprint density at radius 3 is 1.50 bits per heavy atom. The SMILES string of the molecule is [2H]C([2H])([2H])c1ccc(C([2H])([2H])C([2H])([2H])n2c3c(c4cc(C)ccc42)CN(C)CC3)cn1.[2H]C([2H])([2H])c1ccc(C([2H])([2H])C([2H])([2H])n2c3c(c4cc(C)ccc42)CN(C)CC3)cn1. The van der Waals surface area contributed by atoms with Gasteiger partial charge in [-0.05, 0) is 113 Å². The molecule has 0 aliphatic carbocycles. The maximum absolute atomic E-state index is 8.93. The first-order chi connectivity index (χ1) is 28.7. The third kappa shape index (κ3) is 6.69. The first-order valence-electron chi connectivity index (χ1n) is 23.3. The second-order valence-corrected chi connectivity index (χ2v) is 12.9. The van der Waals surface area contributed by atoms with Gasteiger partial charge in [-0.15, -0.1) is 0 Å². The Kier molecular flexibility index (Phi) is 5.61. The zero-order chi connectivity index (χ0) is 45.5. The van der Waals surface area contributed by atoms with Crippen LogP contribution in [0.4, 0.5) is 0 Å². The van der Waals surface area contributed by atoms with E-state index in [9.17, 15) is 0 Å². The topological polar surface area (TPSA) is 42.1 Å². The maximum Gasteiger partial charge on any atom is 0.0501 e. The highest BCUT2D eigenvalue weighted by Gasteiger charge is 2.23. The molecule has 0 atom stereocenters. The molecule has 6 heterocycles. The third-order valence-electron chi connectivity index (χ3n) is 9.14. The van der Waals surface area contributed by atoms with Crippen LogP contribution in [0.2, 0.25) is 0 Å². The molecule has 4 aromatic heterocycles. The first kappa shape index (κ1) is 19.7. The van der Waals surface area contributed by atoms with Gasteiger partial charge in [-0.1, -0.05) is 35.4 Å². The van der Waals surface area contributed by atoms with Gasteiger partial charge in [0.05, 0.1) is 5.48 Å². The summed E-state index contributed by atoms with van der Waals surface area (Å²) in [5.74, 6) is 0. The van der Waals surface area contributed by atoms with E-state index in [2.05, 4.69) is 19.8 Å². The molecule has 2 aromatic carbocycles. The van der Waals surface area contributed by atoms with Crippen molar-refractivity contribution in [1.82, 2.24) is 28.9 Å². The predicted octanol–water partition coefficient (Wildman–Crippen LogP) is 7.77. The van der Waals surface area contributed by atoms with E-state index in [1.165, 1.54) is 33.4 Å². The van der Waals surface area contributed by atoms with Crippen molar-refractivity contribution in [1.29, 1.82) is 0 Å². The van der Waals surface area contributed by atoms with Crippen LogP contribution in [0.25, 0.3) is 21.8 Å². The van der Waals surface area contributed by atoms with Crippen LogP contribution in [0.3, 0.4) is 0 Å². The van der Waals surface area contributed by atoms with Crippen molar-refractivity contribution in [2.45, 2.75) is 79.2 Å². The molecule has 0 radical (unpaired) electrons. The van der Waals surface area contributed by atoms with Gasteiger partial charge < -0.3 is 18.9 Å². The van der Waals surface area contributed by atoms with Crippen LogP contribution >= 0.6 is 0 Å². The minimum atomic E-state index is -2.44. The predicted molar refractivity (Wildman–Crippen MR) is 199 cm³/mol. The zero-order valence-electron chi connectivity index (χ0n) is 41.9. The van der Waals surface area contributed by atoms with Gasteiger partial charge in [-0.2, -0.15) is 0 Å². The van der Waals surface area contributed by atoms with Crippen molar-refractivity contribution in [3.8, 4) is 0 Å². The summed E-state index contributed by atoms with van der Waals surface area (Å²) in [4.78, 5) is 12.1. The van der Waals surface area contributed by atoms with Gasteiger partial charge in [0, 0.05) is 123 Å². The zero-order valence-corrected chi connectivity index (χ0v) is 27.9. The Hall–Kier alpha value is -4.26. The van der Waals surface area contributed by atoms with Crippen molar-refractivity contribution < 1.29 is 19.2 Å². The summed E-state index contributed by atoms with van der Waals surface area (Å²) >= 11 is 0. The quantitative estimate of drug-likeness (QED) is 0.184. The molecule has 0 spiro atoms. The highest BCUT2D eigenvalue weighted by atomic mass is 15.1. The van der Waals surface area contributed by atoms with Gasteiger partial charge in [-0.3, -0.25) is 9.97 Å². The molecule has 48 heavy (non-hydrogen) atoms. The Bertz CT molecular complexity index is 2440. The van der Waals surface area contributed by atoms with E-state index in [0.717, 1.165) is 69.9 Å². The van der Waals surface area contributed by atoms with E-state index in [0.29, 0.717) is 37.0 Å². The molecule has 6 nitrogen and oxygen atoms in total. The van der Waals surface area contributed by atoms with Crippen LogP contribution in [-0.4, -0.2) is 56.1 Å². The number of hydrogen-bond donors (Lipinski definition) is 0. The van der Waals surface area contributed by atoms with Crippen molar-refractivity contribution in [3.05, 3.63) is 129 Å². The minimum absolute atomic E-state index is 0.00105.